The fraction of sp³-hybridized carbons (Fsp3) is 0.0625. The predicted molar refractivity (Wildman–Crippen MR) is 85.2 cm³/mol. The summed E-state index contributed by atoms with van der Waals surface area (Å²) in [6.07, 6.45) is 3.24. The van der Waals surface area contributed by atoms with Crippen molar-refractivity contribution in [2.45, 2.75) is 6.92 Å². The Morgan fingerprint density at radius 2 is 1.91 bits per heavy atom. The number of nitrogens with two attached hydrogens (primary N) is 1. The molecule has 0 spiro atoms. The first kappa shape index (κ1) is 13.8. The third-order valence-electron chi connectivity index (χ3n) is 2.87. The van der Waals surface area contributed by atoms with Gasteiger partial charge in [-0.15, -0.1) is 0 Å². The molecule has 3 N–H and O–H groups in total. The van der Waals surface area contributed by atoms with E-state index in [1.165, 1.54) is 0 Å². The molecule has 22 heavy (non-hydrogen) atoms. The van der Waals surface area contributed by atoms with Gasteiger partial charge in [0.05, 0.1) is 6.20 Å². The van der Waals surface area contributed by atoms with Crippen LogP contribution in [0, 0.1) is 6.92 Å². The molecule has 6 nitrogen and oxygen atoms in total. The van der Waals surface area contributed by atoms with E-state index in [0.29, 0.717) is 23.1 Å². The Morgan fingerprint density at radius 1 is 1.00 bits per heavy atom. The molecule has 0 saturated heterocycles. The summed E-state index contributed by atoms with van der Waals surface area (Å²) in [4.78, 5) is 12.6. The largest absolute Gasteiger partial charge is 0.456 e. The van der Waals surface area contributed by atoms with Gasteiger partial charge in [-0.25, -0.2) is 15.0 Å². The molecule has 6 heteroatoms. The smallest absolute Gasteiger partial charge is 0.145 e. The van der Waals surface area contributed by atoms with Crippen LogP contribution in [0.5, 0.6) is 11.5 Å². The lowest BCUT2D eigenvalue weighted by Gasteiger charge is -2.08. The Labute approximate surface area is 128 Å². The molecule has 0 aliphatic carbocycles. The average molecular weight is 293 g/mol. The van der Waals surface area contributed by atoms with Crippen molar-refractivity contribution in [3.05, 3.63) is 60.6 Å². The first-order valence-corrected chi connectivity index (χ1v) is 6.75. The van der Waals surface area contributed by atoms with Gasteiger partial charge in [0.25, 0.3) is 0 Å². The maximum atomic E-state index is 5.72. The second kappa shape index (κ2) is 6.09. The minimum Gasteiger partial charge on any atom is -0.456 e. The summed E-state index contributed by atoms with van der Waals surface area (Å²) in [5.74, 6) is 3.10. The van der Waals surface area contributed by atoms with E-state index >= 15 is 0 Å². The van der Waals surface area contributed by atoms with E-state index in [1.807, 2.05) is 25.1 Å². The maximum absolute atomic E-state index is 5.72. The Morgan fingerprint density at radius 3 is 2.68 bits per heavy atom. The summed E-state index contributed by atoms with van der Waals surface area (Å²) in [7, 11) is 0. The zero-order chi connectivity index (χ0) is 15.4. The van der Waals surface area contributed by atoms with Gasteiger partial charge >= 0.3 is 0 Å². The summed E-state index contributed by atoms with van der Waals surface area (Å²) in [6, 6.07) is 12.8. The minimum atomic E-state index is 0.454. The van der Waals surface area contributed by atoms with Crippen LogP contribution in [0.3, 0.4) is 0 Å². The lowest BCUT2D eigenvalue weighted by atomic mass is 10.3. The number of aryl methyl sites for hydroxylation is 1. The van der Waals surface area contributed by atoms with Crippen LogP contribution in [0.2, 0.25) is 0 Å². The van der Waals surface area contributed by atoms with Crippen molar-refractivity contribution >= 4 is 17.5 Å². The Bertz CT molecular complexity index is 773. The van der Waals surface area contributed by atoms with Crippen LogP contribution in [0.25, 0.3) is 0 Å². The van der Waals surface area contributed by atoms with E-state index in [4.69, 9.17) is 10.5 Å². The minimum absolute atomic E-state index is 0.454. The number of hydrogen-bond donors (Lipinski definition) is 2. The van der Waals surface area contributed by atoms with Crippen LogP contribution in [0.15, 0.2) is 54.9 Å². The fourth-order valence-corrected chi connectivity index (χ4v) is 1.88. The molecule has 110 valence electrons. The zero-order valence-corrected chi connectivity index (χ0v) is 12.0. The second-order valence-corrected chi connectivity index (χ2v) is 4.69. The molecular formula is C16H15N5O. The molecule has 0 bridgehead atoms. The molecule has 0 saturated carbocycles. The summed E-state index contributed by atoms with van der Waals surface area (Å²) < 4.78 is 5.72. The monoisotopic (exact) mass is 293 g/mol. The molecule has 0 aliphatic rings. The van der Waals surface area contributed by atoms with Crippen LogP contribution in [-0.4, -0.2) is 15.0 Å². The highest BCUT2D eigenvalue weighted by molar-refractivity contribution is 5.53. The lowest BCUT2D eigenvalue weighted by Crippen LogP contribution is -1.97. The molecule has 0 radical (unpaired) electrons. The van der Waals surface area contributed by atoms with Gasteiger partial charge in [0.15, 0.2) is 0 Å². The highest BCUT2D eigenvalue weighted by Crippen LogP contribution is 2.23. The van der Waals surface area contributed by atoms with E-state index in [-0.39, 0.29) is 0 Å². The quantitative estimate of drug-likeness (QED) is 0.767. The number of anilines is 3. The number of aromatic nitrogens is 3. The molecule has 3 aromatic rings. The first-order valence-electron chi connectivity index (χ1n) is 6.75. The summed E-state index contributed by atoms with van der Waals surface area (Å²) >= 11 is 0. The predicted octanol–water partition coefficient (Wildman–Crippen LogP) is 3.30. The molecule has 0 unspecified atom stereocenters. The van der Waals surface area contributed by atoms with Gasteiger partial charge in [0.1, 0.15) is 29.0 Å². The number of ether oxygens (including phenoxy) is 1. The molecule has 0 atom stereocenters. The Kier molecular flexibility index (Phi) is 3.82. The van der Waals surface area contributed by atoms with Crippen molar-refractivity contribution in [1.82, 2.24) is 15.0 Å². The van der Waals surface area contributed by atoms with Gasteiger partial charge < -0.3 is 15.8 Å². The zero-order valence-electron chi connectivity index (χ0n) is 12.0. The van der Waals surface area contributed by atoms with Crippen molar-refractivity contribution in [3.63, 3.8) is 0 Å². The number of nitrogens with zero attached hydrogens (tertiary/aromatic N) is 3. The molecule has 3 rings (SSSR count). The third-order valence-corrected chi connectivity index (χ3v) is 2.87. The number of nitrogen functional groups attached to an aromatic ring is 1. The van der Waals surface area contributed by atoms with Gasteiger partial charge in [0, 0.05) is 18.0 Å². The van der Waals surface area contributed by atoms with Gasteiger partial charge in [-0.05, 0) is 37.3 Å². The van der Waals surface area contributed by atoms with Crippen LogP contribution >= 0.6 is 0 Å². The maximum Gasteiger partial charge on any atom is 0.145 e. The summed E-state index contributed by atoms with van der Waals surface area (Å²) in [5.41, 5.74) is 6.48. The summed E-state index contributed by atoms with van der Waals surface area (Å²) in [6.45, 7) is 1.94. The van der Waals surface area contributed by atoms with Crippen LogP contribution in [0.1, 0.15) is 5.69 Å². The molecule has 0 fully saturated rings. The van der Waals surface area contributed by atoms with E-state index in [2.05, 4.69) is 20.3 Å². The van der Waals surface area contributed by atoms with Gasteiger partial charge in [-0.3, -0.25) is 0 Å². The van der Waals surface area contributed by atoms with Gasteiger partial charge in [0.2, 0.25) is 0 Å². The van der Waals surface area contributed by atoms with Crippen molar-refractivity contribution in [2.75, 3.05) is 11.1 Å². The molecular weight excluding hydrogens is 278 g/mol. The fourth-order valence-electron chi connectivity index (χ4n) is 1.88. The van der Waals surface area contributed by atoms with Crippen molar-refractivity contribution in [1.29, 1.82) is 0 Å². The highest BCUT2D eigenvalue weighted by atomic mass is 16.5. The number of rotatable bonds is 4. The number of nitrogens with one attached hydrogen (secondary N) is 1. The Hall–Kier alpha value is -3.15. The van der Waals surface area contributed by atoms with E-state index < -0.39 is 0 Å². The van der Waals surface area contributed by atoms with Crippen LogP contribution < -0.4 is 15.8 Å². The van der Waals surface area contributed by atoms with Crippen molar-refractivity contribution < 1.29 is 4.74 Å². The Balaban J connectivity index is 1.76. The van der Waals surface area contributed by atoms with Crippen LogP contribution in [0.4, 0.5) is 17.5 Å². The van der Waals surface area contributed by atoms with Crippen molar-refractivity contribution in [2.24, 2.45) is 0 Å². The average Bonchev–Trinajstić information content (AvgIpc) is 2.50. The van der Waals surface area contributed by atoms with E-state index in [9.17, 15) is 0 Å². The van der Waals surface area contributed by atoms with Crippen molar-refractivity contribution in [3.8, 4) is 11.5 Å². The molecule has 0 aliphatic heterocycles. The van der Waals surface area contributed by atoms with Crippen LogP contribution in [-0.2, 0) is 0 Å². The SMILES string of the molecule is Cc1cccc(Nc2cc(Oc3ccc(N)nc3)ccn2)n1. The molecule has 3 heterocycles. The number of hydrogen-bond acceptors (Lipinski definition) is 6. The second-order valence-electron chi connectivity index (χ2n) is 4.69. The third kappa shape index (κ3) is 3.49. The van der Waals surface area contributed by atoms with E-state index in [1.54, 1.807) is 36.7 Å². The van der Waals surface area contributed by atoms with Gasteiger partial charge in [-0.1, -0.05) is 6.07 Å². The molecule has 0 aromatic carbocycles. The lowest BCUT2D eigenvalue weighted by molar-refractivity contribution is 0.480. The molecule has 0 amide bonds. The first-order chi connectivity index (χ1) is 10.7. The highest BCUT2D eigenvalue weighted by Gasteiger charge is 2.02. The number of pyridine rings is 3. The normalized spacial score (nSPS) is 10.2. The molecule has 3 aromatic heterocycles. The standard InChI is InChI=1S/C16H15N5O/c1-11-3-2-4-15(20-11)21-16-9-12(7-8-18-16)22-13-5-6-14(17)19-10-13/h2-10H,1H3,(H2,17,19)(H,18,20,21). The van der Waals surface area contributed by atoms with E-state index in [0.717, 1.165) is 11.5 Å². The van der Waals surface area contributed by atoms with Gasteiger partial charge in [-0.2, -0.15) is 0 Å². The topological polar surface area (TPSA) is 86.0 Å². The summed E-state index contributed by atoms with van der Waals surface area (Å²) in [5, 5.41) is 3.14.